The summed E-state index contributed by atoms with van der Waals surface area (Å²) < 4.78 is 18.0. The van der Waals surface area contributed by atoms with Crippen LogP contribution < -0.4 is 15.4 Å². The molecule has 0 spiro atoms. The molecule has 2 rings (SSSR count). The molecule has 0 aliphatic carbocycles. The highest BCUT2D eigenvalue weighted by atomic mass is 19.1. The lowest BCUT2D eigenvalue weighted by molar-refractivity contribution is -0.123. The van der Waals surface area contributed by atoms with E-state index >= 15 is 0 Å². The topological polar surface area (TPSA) is 67.4 Å². The van der Waals surface area contributed by atoms with Crippen molar-refractivity contribution in [1.29, 1.82) is 0 Å². The van der Waals surface area contributed by atoms with Gasteiger partial charge in [-0.2, -0.15) is 0 Å². The van der Waals surface area contributed by atoms with Gasteiger partial charge in [0, 0.05) is 5.69 Å². The Kier molecular flexibility index (Phi) is 5.30. The van der Waals surface area contributed by atoms with Crippen LogP contribution in [0, 0.1) is 12.7 Å². The van der Waals surface area contributed by atoms with Gasteiger partial charge in [-0.3, -0.25) is 9.59 Å². The van der Waals surface area contributed by atoms with Gasteiger partial charge in [-0.1, -0.05) is 6.07 Å². The summed E-state index contributed by atoms with van der Waals surface area (Å²) in [6, 6.07) is 10.7. The summed E-state index contributed by atoms with van der Waals surface area (Å²) in [5.41, 5.74) is 1.89. The van der Waals surface area contributed by atoms with Crippen molar-refractivity contribution in [3.05, 3.63) is 53.8 Å². The van der Waals surface area contributed by atoms with Crippen LogP contribution in [0.4, 0.5) is 15.8 Å². The van der Waals surface area contributed by atoms with Crippen molar-refractivity contribution in [3.8, 4) is 5.75 Å². The lowest BCUT2D eigenvalue weighted by atomic mass is 10.2. The molecular formula is C17H17FN2O3. The first-order valence-corrected chi connectivity index (χ1v) is 6.98. The highest BCUT2D eigenvalue weighted by Gasteiger charge is 2.12. The molecule has 0 aromatic heterocycles. The van der Waals surface area contributed by atoms with Crippen molar-refractivity contribution in [2.75, 3.05) is 17.7 Å². The van der Waals surface area contributed by atoms with Gasteiger partial charge >= 0.3 is 0 Å². The number of rotatable bonds is 5. The summed E-state index contributed by atoms with van der Waals surface area (Å²) in [5, 5.41) is 5.17. The molecule has 120 valence electrons. The van der Waals surface area contributed by atoms with Crippen LogP contribution >= 0.6 is 0 Å². The van der Waals surface area contributed by atoms with Gasteiger partial charge in [0.15, 0.2) is 0 Å². The molecule has 0 unspecified atom stereocenters. The number of carbonyl (C=O) groups is 2. The van der Waals surface area contributed by atoms with E-state index in [0.717, 1.165) is 5.56 Å². The van der Waals surface area contributed by atoms with Crippen LogP contribution in [-0.2, 0) is 9.59 Å². The maximum absolute atomic E-state index is 12.8. The number of hydrogen-bond donors (Lipinski definition) is 2. The first-order chi connectivity index (χ1) is 11.0. The van der Waals surface area contributed by atoms with Crippen LogP contribution in [-0.4, -0.2) is 18.9 Å². The van der Waals surface area contributed by atoms with Gasteiger partial charge < -0.3 is 15.4 Å². The number of nitrogens with one attached hydrogen (secondary N) is 2. The summed E-state index contributed by atoms with van der Waals surface area (Å²) >= 11 is 0. The predicted molar refractivity (Wildman–Crippen MR) is 86.0 cm³/mol. The molecule has 0 aliphatic heterocycles. The number of aryl methyl sites for hydroxylation is 1. The Bertz CT molecular complexity index is 714. The smallest absolute Gasteiger partial charge is 0.233 e. The van der Waals surface area contributed by atoms with E-state index in [4.69, 9.17) is 4.74 Å². The summed E-state index contributed by atoms with van der Waals surface area (Å²) in [6.45, 7) is 1.89. The molecule has 0 bridgehead atoms. The highest BCUT2D eigenvalue weighted by molar-refractivity contribution is 6.08. The Morgan fingerprint density at radius 2 is 1.70 bits per heavy atom. The predicted octanol–water partition coefficient (Wildman–Crippen LogP) is 3.11. The zero-order chi connectivity index (χ0) is 16.8. The number of ether oxygens (including phenoxy) is 1. The number of halogens is 1. The third kappa shape index (κ3) is 4.81. The van der Waals surface area contributed by atoms with Crippen LogP contribution in [0.3, 0.4) is 0 Å². The van der Waals surface area contributed by atoms with Crippen molar-refractivity contribution < 1.29 is 18.7 Å². The zero-order valence-electron chi connectivity index (χ0n) is 12.9. The SMILES string of the molecule is COc1ccc(C)cc1NC(=O)CC(=O)Nc1ccc(F)cc1. The van der Waals surface area contributed by atoms with Gasteiger partial charge in [-0.25, -0.2) is 4.39 Å². The van der Waals surface area contributed by atoms with E-state index in [-0.39, 0.29) is 6.42 Å². The molecule has 0 fully saturated rings. The zero-order valence-corrected chi connectivity index (χ0v) is 12.9. The first-order valence-electron chi connectivity index (χ1n) is 6.98. The van der Waals surface area contributed by atoms with E-state index in [9.17, 15) is 14.0 Å². The minimum absolute atomic E-state index is 0.353. The van der Waals surface area contributed by atoms with Gasteiger partial charge in [0.25, 0.3) is 0 Å². The molecule has 0 radical (unpaired) electrons. The van der Waals surface area contributed by atoms with Gasteiger partial charge in [0.1, 0.15) is 18.0 Å². The van der Waals surface area contributed by atoms with Crippen LogP contribution in [0.5, 0.6) is 5.75 Å². The van der Waals surface area contributed by atoms with E-state index in [1.165, 1.54) is 31.4 Å². The van der Waals surface area contributed by atoms with Gasteiger partial charge in [0.05, 0.1) is 12.8 Å². The lowest BCUT2D eigenvalue weighted by Crippen LogP contribution is -2.21. The Labute approximate surface area is 133 Å². The third-order valence-electron chi connectivity index (χ3n) is 3.08. The fourth-order valence-electron chi connectivity index (χ4n) is 2.00. The van der Waals surface area contributed by atoms with Gasteiger partial charge in [0.2, 0.25) is 11.8 Å². The lowest BCUT2D eigenvalue weighted by Gasteiger charge is -2.11. The second kappa shape index (κ2) is 7.40. The molecule has 2 amide bonds. The normalized spacial score (nSPS) is 10.0. The maximum atomic E-state index is 12.8. The van der Waals surface area contributed by atoms with Gasteiger partial charge in [-0.15, -0.1) is 0 Å². The van der Waals surface area contributed by atoms with E-state index in [0.29, 0.717) is 17.1 Å². The van der Waals surface area contributed by atoms with Crippen molar-refractivity contribution in [1.82, 2.24) is 0 Å². The monoisotopic (exact) mass is 316 g/mol. The van der Waals surface area contributed by atoms with E-state index < -0.39 is 17.6 Å². The largest absolute Gasteiger partial charge is 0.495 e. The minimum Gasteiger partial charge on any atom is -0.495 e. The summed E-state index contributed by atoms with van der Waals surface area (Å²) in [6.07, 6.45) is -0.353. The molecule has 0 aliphatic rings. The quantitative estimate of drug-likeness (QED) is 0.833. The molecular weight excluding hydrogens is 299 g/mol. The van der Waals surface area contributed by atoms with Crippen LogP contribution in [0.2, 0.25) is 0 Å². The number of methoxy groups -OCH3 is 1. The van der Waals surface area contributed by atoms with Crippen molar-refractivity contribution in [3.63, 3.8) is 0 Å². The Hall–Kier alpha value is -2.89. The van der Waals surface area contributed by atoms with Gasteiger partial charge in [-0.05, 0) is 48.9 Å². The van der Waals surface area contributed by atoms with Crippen LogP contribution in [0.15, 0.2) is 42.5 Å². The molecule has 2 aromatic rings. The Morgan fingerprint density at radius 1 is 1.04 bits per heavy atom. The molecule has 2 aromatic carbocycles. The average molecular weight is 316 g/mol. The highest BCUT2D eigenvalue weighted by Crippen LogP contribution is 2.25. The fraction of sp³-hybridized carbons (Fsp3) is 0.176. The van der Waals surface area contributed by atoms with Crippen molar-refractivity contribution >= 4 is 23.2 Å². The van der Waals surface area contributed by atoms with Crippen LogP contribution in [0.1, 0.15) is 12.0 Å². The number of anilines is 2. The van der Waals surface area contributed by atoms with Crippen molar-refractivity contribution in [2.45, 2.75) is 13.3 Å². The number of amides is 2. The summed E-state index contributed by atoms with van der Waals surface area (Å²) in [7, 11) is 1.50. The second-order valence-electron chi connectivity index (χ2n) is 4.98. The number of carbonyl (C=O) groups excluding carboxylic acids is 2. The Morgan fingerprint density at radius 3 is 2.35 bits per heavy atom. The van der Waals surface area contributed by atoms with E-state index in [1.807, 2.05) is 13.0 Å². The fourth-order valence-corrected chi connectivity index (χ4v) is 2.00. The molecule has 5 nitrogen and oxygen atoms in total. The minimum atomic E-state index is -0.485. The molecule has 0 saturated carbocycles. The maximum Gasteiger partial charge on any atom is 0.233 e. The number of hydrogen-bond acceptors (Lipinski definition) is 3. The summed E-state index contributed by atoms with van der Waals surface area (Å²) in [4.78, 5) is 23.8. The number of benzene rings is 2. The molecule has 0 heterocycles. The molecule has 23 heavy (non-hydrogen) atoms. The Balaban J connectivity index is 1.95. The molecule has 0 saturated heterocycles. The standard InChI is InChI=1S/C17H17FN2O3/c1-11-3-8-15(23-2)14(9-11)20-17(22)10-16(21)19-13-6-4-12(18)5-7-13/h3-9H,10H2,1-2H3,(H,19,21)(H,20,22). The first kappa shape index (κ1) is 16.5. The molecule has 2 N–H and O–H groups in total. The third-order valence-corrected chi connectivity index (χ3v) is 3.08. The van der Waals surface area contributed by atoms with Crippen molar-refractivity contribution in [2.24, 2.45) is 0 Å². The average Bonchev–Trinajstić information content (AvgIpc) is 2.49. The molecule has 0 atom stereocenters. The van der Waals surface area contributed by atoms with Crippen LogP contribution in [0.25, 0.3) is 0 Å². The summed E-state index contributed by atoms with van der Waals surface area (Å²) in [5.74, 6) is -0.829. The molecule has 6 heteroatoms. The van der Waals surface area contributed by atoms with E-state index in [1.54, 1.807) is 12.1 Å². The van der Waals surface area contributed by atoms with E-state index in [2.05, 4.69) is 10.6 Å². The second-order valence-corrected chi connectivity index (χ2v) is 4.98.